The summed E-state index contributed by atoms with van der Waals surface area (Å²) in [5, 5.41) is 3.40. The number of hydrogen-bond donors (Lipinski definition) is 2. The zero-order valence-electron chi connectivity index (χ0n) is 14.5. The minimum atomic E-state index is 0.410. The fourth-order valence-corrected chi connectivity index (χ4v) is 2.47. The molecule has 0 aromatic heterocycles. The van der Waals surface area contributed by atoms with Crippen LogP contribution in [0.2, 0.25) is 0 Å². The number of ether oxygens (including phenoxy) is 2. The Hall–Kier alpha value is -0.160. The maximum Gasteiger partial charge on any atom is 0.0587 e. The van der Waals surface area contributed by atoms with Crippen molar-refractivity contribution in [2.45, 2.75) is 64.9 Å². The van der Waals surface area contributed by atoms with Crippen LogP contribution in [0.1, 0.15) is 58.8 Å². The topological polar surface area (TPSA) is 56.5 Å². The van der Waals surface area contributed by atoms with Crippen LogP contribution in [0.15, 0.2) is 0 Å². The van der Waals surface area contributed by atoms with Gasteiger partial charge in [-0.25, -0.2) is 0 Å². The van der Waals surface area contributed by atoms with Gasteiger partial charge in [0, 0.05) is 20.3 Å². The van der Waals surface area contributed by atoms with E-state index in [-0.39, 0.29) is 0 Å². The van der Waals surface area contributed by atoms with Gasteiger partial charge in [0.25, 0.3) is 0 Å². The summed E-state index contributed by atoms with van der Waals surface area (Å²) in [6, 6.07) is 0. The molecule has 2 unspecified atom stereocenters. The number of nitrogens with one attached hydrogen (secondary N) is 1. The highest BCUT2D eigenvalue weighted by molar-refractivity contribution is 4.63. The van der Waals surface area contributed by atoms with E-state index in [0.717, 1.165) is 52.1 Å². The molecule has 0 bridgehead atoms. The van der Waals surface area contributed by atoms with Crippen LogP contribution in [-0.4, -0.2) is 46.1 Å². The van der Waals surface area contributed by atoms with Crippen molar-refractivity contribution < 1.29 is 9.47 Å². The third-order valence-corrected chi connectivity index (χ3v) is 3.93. The van der Waals surface area contributed by atoms with Crippen molar-refractivity contribution in [1.29, 1.82) is 0 Å². The highest BCUT2D eigenvalue weighted by atomic mass is 16.5. The minimum absolute atomic E-state index is 0.410. The predicted octanol–water partition coefficient (Wildman–Crippen LogP) is 2.95. The van der Waals surface area contributed by atoms with Gasteiger partial charge in [-0.15, -0.1) is 0 Å². The second kappa shape index (κ2) is 16.2. The van der Waals surface area contributed by atoms with Gasteiger partial charge < -0.3 is 20.5 Å². The molecule has 0 aromatic carbocycles. The molecule has 4 nitrogen and oxygen atoms in total. The molecule has 128 valence electrons. The Bertz CT molecular complexity index is 203. The summed E-state index contributed by atoms with van der Waals surface area (Å²) in [6.45, 7) is 8.98. The standard InChI is InChI=1S/C17H38N2O2/c1-4-8-17(10-6-11-18)21-15-16(5-2)9-7-12-19-13-14-20-3/h16-17,19H,4-15,18H2,1-3H3. The Labute approximate surface area is 132 Å². The average molecular weight is 303 g/mol. The van der Waals surface area contributed by atoms with Gasteiger partial charge in [-0.1, -0.05) is 26.7 Å². The maximum absolute atomic E-state index is 6.14. The monoisotopic (exact) mass is 302 g/mol. The molecule has 0 aliphatic heterocycles. The fraction of sp³-hybridized carbons (Fsp3) is 1.00. The first kappa shape index (κ1) is 20.8. The first-order valence-corrected chi connectivity index (χ1v) is 8.79. The first-order valence-electron chi connectivity index (χ1n) is 8.79. The molecule has 3 N–H and O–H groups in total. The van der Waals surface area contributed by atoms with Gasteiger partial charge in [0.15, 0.2) is 0 Å². The van der Waals surface area contributed by atoms with Crippen LogP contribution in [0, 0.1) is 5.92 Å². The molecular formula is C17H38N2O2. The molecule has 0 aliphatic rings. The van der Waals surface area contributed by atoms with Crippen LogP contribution in [0.4, 0.5) is 0 Å². The van der Waals surface area contributed by atoms with E-state index in [0.29, 0.717) is 12.0 Å². The quantitative estimate of drug-likeness (QED) is 0.430. The summed E-state index contributed by atoms with van der Waals surface area (Å²) in [5.74, 6) is 0.687. The number of hydrogen-bond acceptors (Lipinski definition) is 4. The Morgan fingerprint density at radius 3 is 2.48 bits per heavy atom. The van der Waals surface area contributed by atoms with Crippen LogP contribution in [-0.2, 0) is 9.47 Å². The molecule has 4 heteroatoms. The molecule has 0 aliphatic carbocycles. The number of methoxy groups -OCH3 is 1. The van der Waals surface area contributed by atoms with E-state index in [4.69, 9.17) is 15.2 Å². The van der Waals surface area contributed by atoms with E-state index in [1.54, 1.807) is 7.11 Å². The van der Waals surface area contributed by atoms with Crippen molar-refractivity contribution in [3.8, 4) is 0 Å². The van der Waals surface area contributed by atoms with Crippen LogP contribution >= 0.6 is 0 Å². The summed E-state index contributed by atoms with van der Waals surface area (Å²) in [6.07, 6.45) is 8.61. The molecule has 0 spiro atoms. The van der Waals surface area contributed by atoms with Gasteiger partial charge in [-0.2, -0.15) is 0 Å². The SMILES string of the molecule is CCCC(CCCN)OCC(CC)CCCNCCOC. The smallest absolute Gasteiger partial charge is 0.0587 e. The second-order valence-corrected chi connectivity index (χ2v) is 5.83. The van der Waals surface area contributed by atoms with Crippen molar-refractivity contribution in [1.82, 2.24) is 5.32 Å². The molecule has 0 saturated heterocycles. The lowest BCUT2D eigenvalue weighted by Crippen LogP contribution is -2.22. The summed E-state index contributed by atoms with van der Waals surface area (Å²) < 4.78 is 11.2. The van der Waals surface area contributed by atoms with Crippen LogP contribution in [0.25, 0.3) is 0 Å². The van der Waals surface area contributed by atoms with Gasteiger partial charge >= 0.3 is 0 Å². The normalized spacial score (nSPS) is 14.3. The molecule has 0 saturated carbocycles. The summed E-state index contributed by atoms with van der Waals surface area (Å²) in [7, 11) is 1.74. The van der Waals surface area contributed by atoms with Crippen molar-refractivity contribution >= 4 is 0 Å². The number of nitrogens with two attached hydrogens (primary N) is 1. The van der Waals surface area contributed by atoms with E-state index in [9.17, 15) is 0 Å². The van der Waals surface area contributed by atoms with E-state index in [1.165, 1.54) is 25.7 Å². The van der Waals surface area contributed by atoms with Crippen LogP contribution in [0.5, 0.6) is 0 Å². The highest BCUT2D eigenvalue weighted by Gasteiger charge is 2.12. The lowest BCUT2D eigenvalue weighted by molar-refractivity contribution is 0.0151. The Morgan fingerprint density at radius 1 is 1.05 bits per heavy atom. The third-order valence-electron chi connectivity index (χ3n) is 3.93. The van der Waals surface area contributed by atoms with E-state index in [2.05, 4.69) is 19.2 Å². The third kappa shape index (κ3) is 13.2. The zero-order chi connectivity index (χ0) is 15.8. The molecular weight excluding hydrogens is 264 g/mol. The maximum atomic E-state index is 6.14. The lowest BCUT2D eigenvalue weighted by atomic mass is 10.0. The lowest BCUT2D eigenvalue weighted by Gasteiger charge is -2.21. The molecule has 2 atom stereocenters. The van der Waals surface area contributed by atoms with Crippen molar-refractivity contribution in [3.63, 3.8) is 0 Å². The van der Waals surface area contributed by atoms with Gasteiger partial charge in [0.2, 0.25) is 0 Å². The first-order chi connectivity index (χ1) is 10.3. The summed E-state index contributed by atoms with van der Waals surface area (Å²) in [5.41, 5.74) is 5.60. The minimum Gasteiger partial charge on any atom is -0.383 e. The van der Waals surface area contributed by atoms with E-state index < -0.39 is 0 Å². The van der Waals surface area contributed by atoms with E-state index in [1.807, 2.05) is 0 Å². The predicted molar refractivity (Wildman–Crippen MR) is 90.7 cm³/mol. The van der Waals surface area contributed by atoms with Gasteiger partial charge in [-0.05, 0) is 51.1 Å². The molecule has 0 radical (unpaired) electrons. The molecule has 0 fully saturated rings. The Kier molecular flexibility index (Phi) is 16.1. The summed E-state index contributed by atoms with van der Waals surface area (Å²) >= 11 is 0. The molecule has 0 rings (SSSR count). The molecule has 0 amide bonds. The van der Waals surface area contributed by atoms with Crippen molar-refractivity contribution in [2.75, 3.05) is 40.0 Å². The Balaban J connectivity index is 3.74. The average Bonchev–Trinajstić information content (AvgIpc) is 2.50. The largest absolute Gasteiger partial charge is 0.383 e. The van der Waals surface area contributed by atoms with Gasteiger partial charge in [0.05, 0.1) is 12.7 Å². The second-order valence-electron chi connectivity index (χ2n) is 5.83. The van der Waals surface area contributed by atoms with Crippen molar-refractivity contribution in [3.05, 3.63) is 0 Å². The number of rotatable bonds is 16. The zero-order valence-corrected chi connectivity index (χ0v) is 14.5. The molecule has 21 heavy (non-hydrogen) atoms. The molecule has 0 aromatic rings. The summed E-state index contributed by atoms with van der Waals surface area (Å²) in [4.78, 5) is 0. The Morgan fingerprint density at radius 2 is 1.86 bits per heavy atom. The van der Waals surface area contributed by atoms with Crippen LogP contribution < -0.4 is 11.1 Å². The highest BCUT2D eigenvalue weighted by Crippen LogP contribution is 2.15. The van der Waals surface area contributed by atoms with Crippen molar-refractivity contribution in [2.24, 2.45) is 11.7 Å². The van der Waals surface area contributed by atoms with Gasteiger partial charge in [-0.3, -0.25) is 0 Å². The molecule has 0 heterocycles. The van der Waals surface area contributed by atoms with Crippen LogP contribution in [0.3, 0.4) is 0 Å². The fourth-order valence-electron chi connectivity index (χ4n) is 2.47. The van der Waals surface area contributed by atoms with E-state index >= 15 is 0 Å². The van der Waals surface area contributed by atoms with Gasteiger partial charge in [0.1, 0.15) is 0 Å².